The summed E-state index contributed by atoms with van der Waals surface area (Å²) in [5.74, 6) is -2.00. The van der Waals surface area contributed by atoms with E-state index in [1.807, 2.05) is 30.3 Å². The molecular formula is C15H17NO4. The van der Waals surface area contributed by atoms with Gasteiger partial charge in [0.1, 0.15) is 17.7 Å². The van der Waals surface area contributed by atoms with Gasteiger partial charge in [0.2, 0.25) is 5.91 Å². The topological polar surface area (TPSA) is 63.7 Å². The number of benzene rings is 1. The Morgan fingerprint density at radius 3 is 2.45 bits per heavy atom. The first kappa shape index (κ1) is 14.2. The first-order valence-electron chi connectivity index (χ1n) is 6.57. The zero-order valence-electron chi connectivity index (χ0n) is 11.5. The van der Waals surface area contributed by atoms with Gasteiger partial charge in [0, 0.05) is 6.54 Å². The summed E-state index contributed by atoms with van der Waals surface area (Å²) in [6, 6.07) is 8.55. The van der Waals surface area contributed by atoms with Crippen LogP contribution in [0.1, 0.15) is 19.4 Å². The van der Waals surface area contributed by atoms with Crippen LogP contribution in [-0.4, -0.2) is 35.2 Å². The van der Waals surface area contributed by atoms with Gasteiger partial charge in [0.25, 0.3) is 0 Å². The Labute approximate surface area is 117 Å². The molecule has 0 unspecified atom stereocenters. The van der Waals surface area contributed by atoms with Crippen LogP contribution < -0.4 is 0 Å². The molecule has 0 aromatic heterocycles. The van der Waals surface area contributed by atoms with Crippen molar-refractivity contribution in [2.45, 2.75) is 26.4 Å². The molecule has 5 nitrogen and oxygen atoms in total. The molecule has 1 saturated heterocycles. The molecule has 2 rings (SSSR count). The number of likely N-dealkylation sites (tertiary alicyclic amines) is 1. The van der Waals surface area contributed by atoms with Crippen molar-refractivity contribution in [2.24, 2.45) is 5.92 Å². The molecule has 2 atom stereocenters. The molecule has 1 fully saturated rings. The third kappa shape index (κ3) is 2.57. The molecule has 1 aromatic rings. The SMILES string of the molecule is CCOC(=O)[C@H]1[C@H](C(C)=O)C(=O)N1Cc1ccccc1. The molecule has 0 bridgehead atoms. The third-order valence-corrected chi connectivity index (χ3v) is 3.36. The van der Waals surface area contributed by atoms with Crippen molar-refractivity contribution < 1.29 is 19.1 Å². The molecule has 1 amide bonds. The van der Waals surface area contributed by atoms with Gasteiger partial charge < -0.3 is 9.64 Å². The monoisotopic (exact) mass is 275 g/mol. The number of carbonyl (C=O) groups excluding carboxylic acids is 3. The van der Waals surface area contributed by atoms with Crippen molar-refractivity contribution in [3.63, 3.8) is 0 Å². The summed E-state index contributed by atoms with van der Waals surface area (Å²) >= 11 is 0. The molecule has 0 saturated carbocycles. The Morgan fingerprint density at radius 2 is 1.90 bits per heavy atom. The van der Waals surface area contributed by atoms with Crippen LogP contribution in [0.25, 0.3) is 0 Å². The second-order valence-corrected chi connectivity index (χ2v) is 4.74. The van der Waals surface area contributed by atoms with E-state index in [1.54, 1.807) is 6.92 Å². The fourth-order valence-corrected chi connectivity index (χ4v) is 2.39. The van der Waals surface area contributed by atoms with Crippen LogP contribution in [0, 0.1) is 5.92 Å². The van der Waals surface area contributed by atoms with Gasteiger partial charge in [-0.05, 0) is 19.4 Å². The minimum Gasteiger partial charge on any atom is -0.464 e. The fourth-order valence-electron chi connectivity index (χ4n) is 2.39. The Morgan fingerprint density at radius 1 is 1.25 bits per heavy atom. The minimum atomic E-state index is -0.891. The first-order valence-corrected chi connectivity index (χ1v) is 6.57. The van der Waals surface area contributed by atoms with Crippen molar-refractivity contribution in [3.8, 4) is 0 Å². The molecule has 20 heavy (non-hydrogen) atoms. The molecule has 5 heteroatoms. The zero-order valence-corrected chi connectivity index (χ0v) is 11.5. The van der Waals surface area contributed by atoms with Gasteiger partial charge in [0.05, 0.1) is 6.61 Å². The van der Waals surface area contributed by atoms with Crippen molar-refractivity contribution in [1.29, 1.82) is 0 Å². The second-order valence-electron chi connectivity index (χ2n) is 4.74. The van der Waals surface area contributed by atoms with Crippen LogP contribution in [0.4, 0.5) is 0 Å². The largest absolute Gasteiger partial charge is 0.464 e. The third-order valence-electron chi connectivity index (χ3n) is 3.36. The van der Waals surface area contributed by atoms with Crippen LogP contribution in [0.15, 0.2) is 30.3 Å². The highest BCUT2D eigenvalue weighted by molar-refractivity contribution is 6.11. The molecule has 0 aliphatic carbocycles. The number of carbonyl (C=O) groups is 3. The number of hydrogen-bond acceptors (Lipinski definition) is 4. The van der Waals surface area contributed by atoms with Gasteiger partial charge in [0.15, 0.2) is 0 Å². The number of hydrogen-bond donors (Lipinski definition) is 0. The smallest absolute Gasteiger partial charge is 0.330 e. The number of amides is 1. The van der Waals surface area contributed by atoms with E-state index in [9.17, 15) is 14.4 Å². The van der Waals surface area contributed by atoms with Crippen LogP contribution in [0.5, 0.6) is 0 Å². The highest BCUT2D eigenvalue weighted by Gasteiger charge is 2.54. The standard InChI is InChI=1S/C15H17NO4/c1-3-20-15(19)13-12(10(2)17)14(18)16(13)9-11-7-5-4-6-8-11/h4-8,12-13H,3,9H2,1-2H3/t12-,13+/m0/s1. The number of ether oxygens (including phenoxy) is 1. The van der Waals surface area contributed by atoms with Gasteiger partial charge in [-0.25, -0.2) is 4.79 Å². The van der Waals surface area contributed by atoms with Crippen LogP contribution in [0.2, 0.25) is 0 Å². The molecule has 106 valence electrons. The molecule has 0 N–H and O–H groups in total. The van der Waals surface area contributed by atoms with Crippen molar-refractivity contribution in [1.82, 2.24) is 4.90 Å². The minimum absolute atomic E-state index is 0.229. The number of Topliss-reactive ketones (excluding diaryl/α,β-unsaturated/α-hetero) is 1. The number of rotatable bonds is 5. The van der Waals surface area contributed by atoms with Gasteiger partial charge >= 0.3 is 5.97 Å². The Bertz CT molecular complexity index is 526. The summed E-state index contributed by atoms with van der Waals surface area (Å²) in [6.45, 7) is 3.57. The van der Waals surface area contributed by atoms with Gasteiger partial charge in [-0.1, -0.05) is 30.3 Å². The Hall–Kier alpha value is -2.17. The van der Waals surface area contributed by atoms with E-state index >= 15 is 0 Å². The molecule has 1 aromatic carbocycles. The van der Waals surface area contributed by atoms with E-state index in [4.69, 9.17) is 4.74 Å². The quantitative estimate of drug-likeness (QED) is 0.459. The molecule has 0 radical (unpaired) electrons. The summed E-state index contributed by atoms with van der Waals surface area (Å²) in [4.78, 5) is 36.8. The Balaban J connectivity index is 2.16. The maximum Gasteiger partial charge on any atom is 0.330 e. The highest BCUT2D eigenvalue weighted by Crippen LogP contribution is 2.30. The van der Waals surface area contributed by atoms with E-state index in [0.717, 1.165) is 5.56 Å². The zero-order chi connectivity index (χ0) is 14.7. The van der Waals surface area contributed by atoms with Crippen molar-refractivity contribution in [3.05, 3.63) is 35.9 Å². The highest BCUT2D eigenvalue weighted by atomic mass is 16.5. The van der Waals surface area contributed by atoms with Crippen molar-refractivity contribution >= 4 is 17.7 Å². The number of esters is 1. The summed E-state index contributed by atoms with van der Waals surface area (Å²) in [7, 11) is 0. The molecule has 1 aliphatic rings. The van der Waals surface area contributed by atoms with E-state index in [-0.39, 0.29) is 18.3 Å². The van der Waals surface area contributed by atoms with Gasteiger partial charge in [-0.2, -0.15) is 0 Å². The Kier molecular flexibility index (Phi) is 4.17. The maximum absolute atomic E-state index is 12.0. The van der Waals surface area contributed by atoms with Crippen LogP contribution >= 0.6 is 0 Å². The lowest BCUT2D eigenvalue weighted by Gasteiger charge is -2.44. The second kappa shape index (κ2) is 5.86. The lowest BCUT2D eigenvalue weighted by molar-refractivity contribution is -0.177. The maximum atomic E-state index is 12.0. The van der Waals surface area contributed by atoms with E-state index in [2.05, 4.69) is 0 Å². The predicted molar refractivity (Wildman–Crippen MR) is 71.6 cm³/mol. The normalized spacial score (nSPS) is 21.3. The summed E-state index contributed by atoms with van der Waals surface area (Å²) < 4.78 is 4.96. The van der Waals surface area contributed by atoms with E-state index < -0.39 is 17.9 Å². The average Bonchev–Trinajstić information content (AvgIpc) is 2.42. The van der Waals surface area contributed by atoms with E-state index in [0.29, 0.717) is 6.54 Å². The first-order chi connectivity index (χ1) is 9.56. The van der Waals surface area contributed by atoms with Gasteiger partial charge in [-0.3, -0.25) is 9.59 Å². The average molecular weight is 275 g/mol. The lowest BCUT2D eigenvalue weighted by Crippen LogP contribution is -2.66. The number of nitrogens with zero attached hydrogens (tertiary/aromatic N) is 1. The summed E-state index contributed by atoms with van der Waals surface area (Å²) in [5.41, 5.74) is 0.914. The van der Waals surface area contributed by atoms with Gasteiger partial charge in [-0.15, -0.1) is 0 Å². The summed E-state index contributed by atoms with van der Waals surface area (Å²) in [5, 5.41) is 0. The van der Waals surface area contributed by atoms with E-state index in [1.165, 1.54) is 11.8 Å². The molecule has 1 heterocycles. The molecular weight excluding hydrogens is 258 g/mol. The lowest BCUT2D eigenvalue weighted by atomic mass is 9.84. The summed E-state index contributed by atoms with van der Waals surface area (Å²) in [6.07, 6.45) is 0. The number of ketones is 1. The molecule has 1 aliphatic heterocycles. The van der Waals surface area contributed by atoms with Crippen LogP contribution in [-0.2, 0) is 25.7 Å². The van der Waals surface area contributed by atoms with Crippen LogP contribution in [0.3, 0.4) is 0 Å². The molecule has 0 spiro atoms. The predicted octanol–water partition coefficient (Wildman–Crippen LogP) is 1.17. The number of β-lactam (4-membered cyclic amide) rings is 1. The van der Waals surface area contributed by atoms with Crippen molar-refractivity contribution in [2.75, 3.05) is 6.61 Å². The fraction of sp³-hybridized carbons (Fsp3) is 0.400.